The molecule has 2 N–H and O–H groups in total. The average molecular weight is 745 g/mol. The summed E-state index contributed by atoms with van der Waals surface area (Å²) in [6.07, 6.45) is 0.639. The molecule has 4 aromatic rings. The van der Waals surface area contributed by atoms with Gasteiger partial charge < -0.3 is 19.3 Å². The molecule has 0 aromatic heterocycles. The summed E-state index contributed by atoms with van der Waals surface area (Å²) < 4.78 is 11.5. The lowest BCUT2D eigenvalue weighted by Gasteiger charge is -2.31. The van der Waals surface area contributed by atoms with E-state index in [2.05, 4.69) is 210 Å². The number of hydrogen-bond acceptors (Lipinski definition) is 4. The van der Waals surface area contributed by atoms with E-state index in [4.69, 9.17) is 9.32 Å². The second kappa shape index (κ2) is 16.7. The Balaban J connectivity index is 2.29. The third kappa shape index (κ3) is 12.7. The Kier molecular flexibility index (Phi) is 13.1. The van der Waals surface area contributed by atoms with Crippen LogP contribution in [0.4, 0.5) is 0 Å². The van der Waals surface area contributed by atoms with Gasteiger partial charge in [0.15, 0.2) is 16.5 Å². The molecule has 0 spiro atoms. The predicted octanol–water partition coefficient (Wildman–Crippen LogP) is 11.7. The van der Waals surface area contributed by atoms with Crippen LogP contribution in [0, 0.1) is 0 Å². The zero-order valence-corrected chi connectivity index (χ0v) is 37.1. The maximum Gasteiger partial charge on any atom is 0.173 e. The smallest absolute Gasteiger partial charge is 0.173 e. The molecule has 0 bridgehead atoms. The zero-order valence-electron chi connectivity index (χ0n) is 33.1. The van der Waals surface area contributed by atoms with Crippen LogP contribution in [0.3, 0.4) is 0 Å². The summed E-state index contributed by atoms with van der Waals surface area (Å²) in [5, 5.41) is 0. The summed E-state index contributed by atoms with van der Waals surface area (Å²) in [5.74, 6) is 0. The normalized spacial score (nSPS) is 14.4. The fourth-order valence-electron chi connectivity index (χ4n) is 5.84. The molecule has 268 valence electrons. The Morgan fingerprint density at radius 2 is 0.647 bits per heavy atom. The van der Waals surface area contributed by atoms with Crippen molar-refractivity contribution < 1.29 is 0 Å². The fraction of sp³-hybridized carbons (Fsp3) is 0.302. The van der Waals surface area contributed by atoms with Crippen molar-refractivity contribution in [2.75, 3.05) is 0 Å². The van der Waals surface area contributed by atoms with E-state index >= 15 is 0 Å². The van der Waals surface area contributed by atoms with E-state index in [9.17, 15) is 0 Å². The minimum Gasteiger partial charge on any atom is -0.410 e. The van der Waals surface area contributed by atoms with Gasteiger partial charge in [-0.2, -0.15) is 0 Å². The molecular formula is C43H60N4Si4. The molecule has 0 unspecified atom stereocenters. The Hall–Kier alpha value is -3.83. The minimum absolute atomic E-state index is 0.639. The van der Waals surface area contributed by atoms with Crippen LogP contribution < -0.4 is 9.96 Å². The van der Waals surface area contributed by atoms with Gasteiger partial charge in [-0.05, 0) is 61.5 Å². The molecule has 4 nitrogen and oxygen atoms in total. The third-order valence-corrected chi connectivity index (χ3v) is 11.4. The third-order valence-electron chi connectivity index (χ3n) is 7.64. The first kappa shape index (κ1) is 39.9. The van der Waals surface area contributed by atoms with Gasteiger partial charge in [0.1, 0.15) is 16.5 Å². The van der Waals surface area contributed by atoms with E-state index in [1.165, 1.54) is 22.3 Å². The van der Waals surface area contributed by atoms with Crippen LogP contribution >= 0.6 is 0 Å². The van der Waals surface area contributed by atoms with Crippen molar-refractivity contribution in [1.29, 1.82) is 0 Å². The number of hydrogen-bond donors (Lipinski definition) is 2. The SMILES string of the molecule is C[Si](C)(C)/N=C(\C(CC(=C(/N[Si](C)(C)C)c1ccccc1)/C(=N/[Si](C)(C)C)c1ccccc1)=C(/N[Si](C)(C)C)c1ccccc1)c1ccccc1. The highest BCUT2D eigenvalue weighted by Gasteiger charge is 2.30. The number of rotatable bonds is 14. The lowest BCUT2D eigenvalue weighted by Crippen LogP contribution is -2.42. The monoisotopic (exact) mass is 744 g/mol. The Morgan fingerprint density at radius 1 is 0.392 bits per heavy atom. The van der Waals surface area contributed by atoms with Crippen LogP contribution in [-0.4, -0.2) is 44.4 Å². The highest BCUT2D eigenvalue weighted by molar-refractivity contribution is 6.77. The molecule has 0 fully saturated rings. The summed E-state index contributed by atoms with van der Waals surface area (Å²) in [6.45, 7) is 28.3. The molecule has 51 heavy (non-hydrogen) atoms. The maximum atomic E-state index is 5.73. The summed E-state index contributed by atoms with van der Waals surface area (Å²) in [5.41, 5.74) is 11.5. The van der Waals surface area contributed by atoms with Gasteiger partial charge in [0, 0.05) is 29.0 Å². The lowest BCUT2D eigenvalue weighted by atomic mass is 9.87. The molecule has 0 heterocycles. The molecule has 0 saturated carbocycles. The van der Waals surface area contributed by atoms with E-state index in [1.807, 2.05) is 0 Å². The van der Waals surface area contributed by atoms with Crippen molar-refractivity contribution in [3.63, 3.8) is 0 Å². The standard InChI is InChI=1S/C43H60N4Si4/c1-48(2,3)44-40(34-25-17-13-18-26-34)38(41(45-49(4,5)6)35-27-19-14-20-28-35)33-39(42(46-50(7,8)9)36-29-21-15-22-30-36)43(47-51(10,11)12)37-31-23-16-24-32-37/h13-32,44,46H,33H2,1-12H3/b40-38-,42-39-,45-41-,47-43+. The van der Waals surface area contributed by atoms with Gasteiger partial charge >= 0.3 is 0 Å². The first-order valence-electron chi connectivity index (χ1n) is 18.2. The Labute approximate surface area is 313 Å². The van der Waals surface area contributed by atoms with Crippen molar-refractivity contribution >= 4 is 55.8 Å². The molecule has 0 aliphatic rings. The van der Waals surface area contributed by atoms with Crippen molar-refractivity contribution in [3.8, 4) is 0 Å². The molecular weight excluding hydrogens is 685 g/mol. The topological polar surface area (TPSA) is 48.8 Å². The second-order valence-corrected chi connectivity index (χ2v) is 36.0. The molecule has 4 aromatic carbocycles. The van der Waals surface area contributed by atoms with E-state index < -0.39 is 32.9 Å². The van der Waals surface area contributed by atoms with Crippen molar-refractivity contribution in [3.05, 3.63) is 155 Å². The molecule has 0 atom stereocenters. The van der Waals surface area contributed by atoms with Gasteiger partial charge in [-0.15, -0.1) is 0 Å². The molecule has 0 amide bonds. The summed E-state index contributed by atoms with van der Waals surface area (Å²) >= 11 is 0. The van der Waals surface area contributed by atoms with Gasteiger partial charge in [0.2, 0.25) is 0 Å². The fourth-order valence-corrected chi connectivity index (χ4v) is 9.80. The summed E-state index contributed by atoms with van der Waals surface area (Å²) in [6, 6.07) is 43.5. The van der Waals surface area contributed by atoms with Crippen LogP contribution in [0.5, 0.6) is 0 Å². The maximum absolute atomic E-state index is 5.73. The minimum atomic E-state index is -1.99. The molecule has 0 aliphatic carbocycles. The zero-order chi connectivity index (χ0) is 37.5. The van der Waals surface area contributed by atoms with Crippen LogP contribution in [0.2, 0.25) is 78.6 Å². The van der Waals surface area contributed by atoms with Gasteiger partial charge in [-0.1, -0.05) is 161 Å². The van der Waals surface area contributed by atoms with Crippen molar-refractivity contribution in [2.45, 2.75) is 85.0 Å². The molecule has 4 rings (SSSR count). The number of allylic oxidation sites excluding steroid dienone is 2. The number of nitrogens with one attached hydrogen (secondary N) is 2. The quantitative estimate of drug-likeness (QED) is 0.0998. The lowest BCUT2D eigenvalue weighted by molar-refractivity contribution is 1.15. The van der Waals surface area contributed by atoms with Crippen molar-refractivity contribution in [1.82, 2.24) is 9.96 Å². The van der Waals surface area contributed by atoms with Crippen LogP contribution in [-0.2, 0) is 0 Å². The largest absolute Gasteiger partial charge is 0.410 e. The summed E-state index contributed by atoms with van der Waals surface area (Å²) in [7, 11) is -7.75. The average Bonchev–Trinajstić information content (AvgIpc) is 3.05. The predicted molar refractivity (Wildman–Crippen MR) is 237 cm³/mol. The molecule has 0 aliphatic heterocycles. The first-order valence-corrected chi connectivity index (χ1v) is 32.1. The summed E-state index contributed by atoms with van der Waals surface area (Å²) in [4.78, 5) is 8.31. The first-order chi connectivity index (χ1) is 23.8. The van der Waals surface area contributed by atoms with Gasteiger partial charge in [-0.3, -0.25) is 0 Å². The number of nitrogens with zero attached hydrogens (tertiary/aromatic N) is 2. The Bertz CT molecular complexity index is 1720. The van der Waals surface area contributed by atoms with E-state index in [1.54, 1.807) is 0 Å². The number of benzene rings is 4. The van der Waals surface area contributed by atoms with Gasteiger partial charge in [0.25, 0.3) is 0 Å². The van der Waals surface area contributed by atoms with E-state index in [-0.39, 0.29) is 0 Å². The van der Waals surface area contributed by atoms with Crippen molar-refractivity contribution in [2.24, 2.45) is 9.32 Å². The molecule has 0 radical (unpaired) electrons. The molecule has 8 heteroatoms. The molecule has 0 saturated heterocycles. The van der Waals surface area contributed by atoms with Crippen LogP contribution in [0.25, 0.3) is 11.4 Å². The van der Waals surface area contributed by atoms with Gasteiger partial charge in [0.05, 0.1) is 11.4 Å². The van der Waals surface area contributed by atoms with Crippen LogP contribution in [0.1, 0.15) is 28.7 Å². The Morgan fingerprint density at radius 3 is 0.882 bits per heavy atom. The van der Waals surface area contributed by atoms with E-state index in [0.29, 0.717) is 6.42 Å². The van der Waals surface area contributed by atoms with Gasteiger partial charge in [-0.25, -0.2) is 0 Å². The van der Waals surface area contributed by atoms with Crippen LogP contribution in [0.15, 0.2) is 142 Å². The second-order valence-electron chi connectivity index (χ2n) is 17.4. The highest BCUT2D eigenvalue weighted by atomic mass is 28.3. The highest BCUT2D eigenvalue weighted by Crippen LogP contribution is 2.34. The van der Waals surface area contributed by atoms with E-state index in [0.717, 1.165) is 33.9 Å².